The van der Waals surface area contributed by atoms with E-state index in [2.05, 4.69) is 6.92 Å². The number of thioether (sulfide) groups is 1. The molecular weight excluding hydrogens is 354 g/mol. The van der Waals surface area contributed by atoms with Gasteiger partial charge < -0.3 is 5.11 Å². The van der Waals surface area contributed by atoms with Gasteiger partial charge in [0.25, 0.3) is 5.69 Å². The topological polar surface area (TPSA) is 97.5 Å². The number of hydrogen-bond acceptors (Lipinski definition) is 6. The van der Waals surface area contributed by atoms with Crippen molar-refractivity contribution in [3.05, 3.63) is 45.2 Å². The van der Waals surface area contributed by atoms with E-state index >= 15 is 0 Å². The molecule has 1 atom stereocenters. The summed E-state index contributed by atoms with van der Waals surface area (Å²) < 4.78 is 0. The second-order valence-electron chi connectivity index (χ2n) is 6.31. The van der Waals surface area contributed by atoms with E-state index in [4.69, 9.17) is 0 Å². The highest BCUT2D eigenvalue weighted by Gasteiger charge is 2.32. The van der Waals surface area contributed by atoms with Crippen LogP contribution in [0.2, 0.25) is 0 Å². The van der Waals surface area contributed by atoms with Crippen molar-refractivity contribution in [1.29, 1.82) is 0 Å². The normalized spacial score (nSPS) is 17.5. The lowest BCUT2D eigenvalue weighted by Crippen LogP contribution is -2.23. The molecule has 1 unspecified atom stereocenters. The van der Waals surface area contributed by atoms with Crippen molar-refractivity contribution in [3.8, 4) is 0 Å². The van der Waals surface area contributed by atoms with E-state index in [-0.39, 0.29) is 48.0 Å². The van der Waals surface area contributed by atoms with Crippen LogP contribution in [-0.2, 0) is 9.59 Å². The Morgan fingerprint density at radius 3 is 2.65 bits per heavy atom. The lowest BCUT2D eigenvalue weighted by atomic mass is 9.81. The number of aliphatic hydroxyl groups excluding tert-OH is 1. The highest BCUT2D eigenvalue weighted by molar-refractivity contribution is 7.99. The van der Waals surface area contributed by atoms with E-state index in [0.29, 0.717) is 10.5 Å². The molecule has 0 aromatic heterocycles. The zero-order valence-electron chi connectivity index (χ0n) is 15.0. The first-order chi connectivity index (χ1) is 12.4. The van der Waals surface area contributed by atoms with Crippen molar-refractivity contribution in [2.45, 2.75) is 56.8 Å². The Bertz CT molecular complexity index is 756. The number of nitro benzene ring substituents is 1. The summed E-state index contributed by atoms with van der Waals surface area (Å²) in [5.41, 5.74) is 0.555. The number of nitro groups is 1. The van der Waals surface area contributed by atoms with Crippen LogP contribution in [0.3, 0.4) is 0 Å². The summed E-state index contributed by atoms with van der Waals surface area (Å²) in [5.74, 6) is -0.509. The standard InChI is InChI=1S/C19H23NO5S/c1-3-5-8-26-18-7-6-12(9-14(18)20(24)25)13-10-16(22)19(15(21)4-2)17(23)11-13/h6-7,9,13,22H,3-5,8,10-11H2,1-2H3. The number of hydrogen-bond donors (Lipinski definition) is 1. The third-order valence-electron chi connectivity index (χ3n) is 4.45. The summed E-state index contributed by atoms with van der Waals surface area (Å²) in [6.07, 6.45) is 2.38. The first-order valence-electron chi connectivity index (χ1n) is 8.78. The zero-order chi connectivity index (χ0) is 19.3. The van der Waals surface area contributed by atoms with Crippen LogP contribution >= 0.6 is 11.8 Å². The van der Waals surface area contributed by atoms with Crippen LogP contribution < -0.4 is 0 Å². The minimum Gasteiger partial charge on any atom is -0.511 e. The fourth-order valence-corrected chi connectivity index (χ4v) is 4.10. The van der Waals surface area contributed by atoms with Gasteiger partial charge in [-0.05, 0) is 29.7 Å². The SMILES string of the molecule is CCCCSc1ccc(C2CC(=O)C(C(=O)CC)=C(O)C2)cc1[N+](=O)[O-]. The molecule has 1 aliphatic carbocycles. The molecule has 1 aliphatic rings. The maximum atomic E-state index is 12.3. The van der Waals surface area contributed by atoms with E-state index in [1.165, 1.54) is 17.8 Å². The second-order valence-corrected chi connectivity index (χ2v) is 7.45. The minimum absolute atomic E-state index is 0.0231. The minimum atomic E-state index is -0.413. The molecule has 140 valence electrons. The maximum absolute atomic E-state index is 12.3. The van der Waals surface area contributed by atoms with E-state index in [0.717, 1.165) is 18.6 Å². The predicted octanol–water partition coefficient (Wildman–Crippen LogP) is 4.72. The first kappa shape index (κ1) is 20.2. The quantitative estimate of drug-likeness (QED) is 0.231. The summed E-state index contributed by atoms with van der Waals surface area (Å²) in [6.45, 7) is 3.70. The average Bonchev–Trinajstić information content (AvgIpc) is 2.61. The van der Waals surface area contributed by atoms with Crippen LogP contribution in [0.15, 0.2) is 34.4 Å². The van der Waals surface area contributed by atoms with Gasteiger partial charge in [0.05, 0.1) is 15.4 Å². The maximum Gasteiger partial charge on any atom is 0.283 e. The highest BCUT2D eigenvalue weighted by atomic mass is 32.2. The van der Waals surface area contributed by atoms with Gasteiger partial charge in [0.1, 0.15) is 5.76 Å². The number of carbonyl (C=O) groups excluding carboxylic acids is 2. The summed E-state index contributed by atoms with van der Waals surface area (Å²) in [6, 6.07) is 4.98. The zero-order valence-corrected chi connectivity index (χ0v) is 15.8. The van der Waals surface area contributed by atoms with Gasteiger partial charge in [-0.15, -0.1) is 11.8 Å². The number of ketones is 2. The molecule has 0 saturated carbocycles. The molecule has 1 aromatic rings. The molecule has 0 bridgehead atoms. The number of aliphatic hydroxyl groups is 1. The Hall–Kier alpha value is -2.15. The van der Waals surface area contributed by atoms with Crippen molar-refractivity contribution in [1.82, 2.24) is 0 Å². The van der Waals surface area contributed by atoms with Crippen molar-refractivity contribution in [2.24, 2.45) is 0 Å². The first-order valence-corrected chi connectivity index (χ1v) is 9.77. The third-order valence-corrected chi connectivity index (χ3v) is 5.59. The number of allylic oxidation sites excluding steroid dienone is 2. The molecule has 0 spiro atoms. The number of carbonyl (C=O) groups is 2. The van der Waals surface area contributed by atoms with Crippen LogP contribution in [0.5, 0.6) is 0 Å². The third kappa shape index (κ3) is 4.52. The van der Waals surface area contributed by atoms with Gasteiger partial charge in [0.15, 0.2) is 11.6 Å². The van der Waals surface area contributed by atoms with E-state index in [1.54, 1.807) is 19.1 Å². The number of unbranched alkanes of at least 4 members (excludes halogenated alkanes) is 1. The Morgan fingerprint density at radius 2 is 2.08 bits per heavy atom. The molecule has 0 amide bonds. The largest absolute Gasteiger partial charge is 0.511 e. The van der Waals surface area contributed by atoms with Gasteiger partial charge in [-0.1, -0.05) is 26.3 Å². The molecule has 6 nitrogen and oxygen atoms in total. The van der Waals surface area contributed by atoms with Gasteiger partial charge in [-0.3, -0.25) is 19.7 Å². The Morgan fingerprint density at radius 1 is 1.35 bits per heavy atom. The molecule has 26 heavy (non-hydrogen) atoms. The van der Waals surface area contributed by atoms with E-state index in [1.807, 2.05) is 0 Å². The smallest absolute Gasteiger partial charge is 0.283 e. The van der Waals surface area contributed by atoms with Crippen molar-refractivity contribution in [2.75, 3.05) is 5.75 Å². The van der Waals surface area contributed by atoms with Crippen LogP contribution in [0.1, 0.15) is 57.4 Å². The van der Waals surface area contributed by atoms with E-state index < -0.39 is 10.7 Å². The lowest BCUT2D eigenvalue weighted by molar-refractivity contribution is -0.387. The Kier molecular flexibility index (Phi) is 6.97. The van der Waals surface area contributed by atoms with Gasteiger partial charge in [0, 0.05) is 25.3 Å². The van der Waals surface area contributed by atoms with Crippen LogP contribution in [0.4, 0.5) is 5.69 Å². The molecule has 0 fully saturated rings. The van der Waals surface area contributed by atoms with Crippen molar-refractivity contribution in [3.63, 3.8) is 0 Å². The molecular formula is C19H23NO5S. The fraction of sp³-hybridized carbons (Fsp3) is 0.474. The monoisotopic (exact) mass is 377 g/mol. The lowest BCUT2D eigenvalue weighted by Gasteiger charge is -2.23. The number of Topliss-reactive ketones (excluding diaryl/α,β-unsaturated/α-hetero) is 2. The number of nitrogens with zero attached hydrogens (tertiary/aromatic N) is 1. The van der Waals surface area contributed by atoms with Crippen molar-refractivity contribution >= 4 is 29.0 Å². The molecule has 1 aromatic carbocycles. The van der Waals surface area contributed by atoms with E-state index in [9.17, 15) is 24.8 Å². The molecule has 0 heterocycles. The van der Waals surface area contributed by atoms with Crippen LogP contribution in [0, 0.1) is 10.1 Å². The Labute approximate surface area is 156 Å². The van der Waals surface area contributed by atoms with Gasteiger partial charge in [0.2, 0.25) is 0 Å². The summed E-state index contributed by atoms with van der Waals surface area (Å²) in [4.78, 5) is 35.7. The molecule has 0 saturated heterocycles. The molecule has 1 N–H and O–H groups in total. The van der Waals surface area contributed by atoms with Crippen LogP contribution in [-0.4, -0.2) is 27.3 Å². The number of rotatable bonds is 8. The Balaban J connectivity index is 2.28. The molecule has 2 rings (SSSR count). The molecule has 0 radical (unpaired) electrons. The molecule has 0 aliphatic heterocycles. The molecule has 7 heteroatoms. The second kappa shape index (κ2) is 8.98. The summed E-state index contributed by atoms with van der Waals surface area (Å²) in [5, 5.41) is 21.6. The fourth-order valence-electron chi connectivity index (χ4n) is 3.00. The summed E-state index contributed by atoms with van der Waals surface area (Å²) in [7, 11) is 0. The van der Waals surface area contributed by atoms with Gasteiger partial charge >= 0.3 is 0 Å². The van der Waals surface area contributed by atoms with Crippen molar-refractivity contribution < 1.29 is 19.6 Å². The van der Waals surface area contributed by atoms with Gasteiger partial charge in [-0.2, -0.15) is 0 Å². The average molecular weight is 377 g/mol. The van der Waals surface area contributed by atoms with Gasteiger partial charge in [-0.25, -0.2) is 0 Å². The summed E-state index contributed by atoms with van der Waals surface area (Å²) >= 11 is 1.45. The van der Waals surface area contributed by atoms with Crippen LogP contribution in [0.25, 0.3) is 0 Å². The highest BCUT2D eigenvalue weighted by Crippen LogP contribution is 2.38. The number of benzene rings is 1. The predicted molar refractivity (Wildman–Crippen MR) is 101 cm³/mol.